The highest BCUT2D eigenvalue weighted by atomic mass is 32.1. The van der Waals surface area contributed by atoms with E-state index in [0.717, 1.165) is 16.7 Å². The summed E-state index contributed by atoms with van der Waals surface area (Å²) >= 11 is 1.64. The molecule has 0 fully saturated rings. The average Bonchev–Trinajstić information content (AvgIpc) is 3.02. The first kappa shape index (κ1) is 15.2. The predicted octanol–water partition coefficient (Wildman–Crippen LogP) is 3.93. The molecule has 0 aliphatic carbocycles. The summed E-state index contributed by atoms with van der Waals surface area (Å²) in [5.74, 6) is -0.483. The molecule has 1 aromatic heterocycles. The molecule has 3 rings (SSSR count). The summed E-state index contributed by atoms with van der Waals surface area (Å²) < 4.78 is 0. The fourth-order valence-electron chi connectivity index (χ4n) is 2.36. The fourth-order valence-corrected chi connectivity index (χ4v) is 3.19. The van der Waals surface area contributed by atoms with Gasteiger partial charge >= 0.3 is 0 Å². The van der Waals surface area contributed by atoms with Crippen LogP contribution in [0, 0.1) is 0 Å². The second-order valence-electron chi connectivity index (χ2n) is 5.04. The number of aromatic hydroxyl groups is 1. The highest BCUT2D eigenvalue weighted by Crippen LogP contribution is 2.26. The zero-order valence-electron chi connectivity index (χ0n) is 12.6. The third kappa shape index (κ3) is 3.24. The number of fused-ring (bicyclic) bond motifs is 1. The molecule has 2 aromatic carbocycles. The van der Waals surface area contributed by atoms with E-state index in [9.17, 15) is 9.90 Å². The molecule has 116 valence electrons. The van der Waals surface area contributed by atoms with Crippen molar-refractivity contribution in [3.05, 3.63) is 63.8 Å². The van der Waals surface area contributed by atoms with Gasteiger partial charge in [0.05, 0.1) is 11.8 Å². The van der Waals surface area contributed by atoms with Gasteiger partial charge < -0.3 is 5.11 Å². The molecule has 0 saturated carbocycles. The Morgan fingerprint density at radius 1 is 1.22 bits per heavy atom. The van der Waals surface area contributed by atoms with Gasteiger partial charge in [0.25, 0.3) is 5.91 Å². The molecule has 23 heavy (non-hydrogen) atoms. The van der Waals surface area contributed by atoms with Crippen molar-refractivity contribution < 1.29 is 9.90 Å². The number of rotatable bonds is 4. The molecular weight excluding hydrogens is 308 g/mol. The predicted molar refractivity (Wildman–Crippen MR) is 94.4 cm³/mol. The monoisotopic (exact) mass is 324 g/mol. The molecule has 3 aromatic rings. The van der Waals surface area contributed by atoms with Crippen molar-refractivity contribution in [1.29, 1.82) is 0 Å². The van der Waals surface area contributed by atoms with Crippen LogP contribution in [0.5, 0.6) is 5.75 Å². The van der Waals surface area contributed by atoms with Crippen LogP contribution in [0.1, 0.15) is 27.0 Å². The molecule has 2 N–H and O–H groups in total. The normalized spacial score (nSPS) is 11.2. The van der Waals surface area contributed by atoms with Crippen LogP contribution < -0.4 is 5.43 Å². The summed E-state index contributed by atoms with van der Waals surface area (Å²) in [6, 6.07) is 14.7. The SMILES string of the molecule is CCc1ccc(/C=N/NC(=O)c2c(O)ccc3ccccc23)s1. The number of nitrogens with zero attached hydrogens (tertiary/aromatic N) is 1. The first-order valence-electron chi connectivity index (χ1n) is 7.32. The molecule has 4 nitrogen and oxygen atoms in total. The zero-order chi connectivity index (χ0) is 16.2. The highest BCUT2D eigenvalue weighted by molar-refractivity contribution is 7.13. The molecule has 0 unspecified atom stereocenters. The average molecular weight is 324 g/mol. The summed E-state index contributed by atoms with van der Waals surface area (Å²) in [4.78, 5) is 14.6. The number of amides is 1. The van der Waals surface area contributed by atoms with Gasteiger partial charge in [-0.1, -0.05) is 37.3 Å². The first-order chi connectivity index (χ1) is 11.2. The van der Waals surface area contributed by atoms with E-state index in [-0.39, 0.29) is 11.3 Å². The second-order valence-corrected chi connectivity index (χ2v) is 6.24. The number of thiophene rings is 1. The quantitative estimate of drug-likeness (QED) is 0.564. The number of phenols is 1. The molecule has 0 radical (unpaired) electrons. The van der Waals surface area contributed by atoms with Crippen LogP contribution in [0.15, 0.2) is 53.6 Å². The Morgan fingerprint density at radius 2 is 2.04 bits per heavy atom. The lowest BCUT2D eigenvalue weighted by molar-refractivity contribution is 0.0954. The van der Waals surface area contributed by atoms with Gasteiger partial charge in [-0.25, -0.2) is 5.43 Å². The summed E-state index contributed by atoms with van der Waals surface area (Å²) in [6.45, 7) is 2.10. The van der Waals surface area contributed by atoms with Gasteiger partial charge in [0.2, 0.25) is 0 Å². The number of phenolic OH excluding ortho intramolecular Hbond substituents is 1. The van der Waals surface area contributed by atoms with Crippen LogP contribution in [-0.2, 0) is 6.42 Å². The van der Waals surface area contributed by atoms with Gasteiger partial charge in [0.1, 0.15) is 5.75 Å². The molecule has 0 spiro atoms. The van der Waals surface area contributed by atoms with Gasteiger partial charge in [-0.05, 0) is 35.4 Å². The number of aryl methyl sites for hydroxylation is 1. The van der Waals surface area contributed by atoms with Crippen LogP contribution >= 0.6 is 11.3 Å². The van der Waals surface area contributed by atoms with E-state index >= 15 is 0 Å². The van der Waals surface area contributed by atoms with Crippen molar-refractivity contribution in [2.24, 2.45) is 5.10 Å². The fraction of sp³-hybridized carbons (Fsp3) is 0.111. The number of nitrogens with one attached hydrogen (secondary N) is 1. The van der Waals surface area contributed by atoms with E-state index < -0.39 is 5.91 Å². The Labute approximate surface area is 138 Å². The number of carbonyl (C=O) groups is 1. The molecule has 0 saturated heterocycles. The molecule has 0 aliphatic rings. The van der Waals surface area contributed by atoms with Gasteiger partial charge in [-0.15, -0.1) is 11.3 Å². The topological polar surface area (TPSA) is 61.7 Å². The van der Waals surface area contributed by atoms with E-state index in [2.05, 4.69) is 17.5 Å². The first-order valence-corrected chi connectivity index (χ1v) is 8.13. The molecule has 0 bridgehead atoms. The summed E-state index contributed by atoms with van der Waals surface area (Å²) in [7, 11) is 0. The van der Waals surface area contributed by atoms with Crippen LogP contribution in [0.25, 0.3) is 10.8 Å². The van der Waals surface area contributed by atoms with Crippen LogP contribution in [-0.4, -0.2) is 17.2 Å². The lowest BCUT2D eigenvalue weighted by Crippen LogP contribution is -2.18. The Hall–Kier alpha value is -2.66. The van der Waals surface area contributed by atoms with Crippen molar-refractivity contribution in [2.75, 3.05) is 0 Å². The minimum Gasteiger partial charge on any atom is -0.507 e. The Balaban J connectivity index is 1.82. The lowest BCUT2D eigenvalue weighted by Gasteiger charge is -2.07. The number of hydrogen-bond donors (Lipinski definition) is 2. The molecule has 1 amide bonds. The van der Waals surface area contributed by atoms with Crippen molar-refractivity contribution in [3.8, 4) is 5.75 Å². The van der Waals surface area contributed by atoms with E-state index in [4.69, 9.17) is 0 Å². The minimum atomic E-state index is -0.428. The summed E-state index contributed by atoms with van der Waals surface area (Å²) in [6.07, 6.45) is 2.60. The van der Waals surface area contributed by atoms with Gasteiger partial charge in [0, 0.05) is 9.75 Å². The van der Waals surface area contributed by atoms with Gasteiger partial charge in [-0.2, -0.15) is 5.10 Å². The standard InChI is InChI=1S/C18H16N2O2S/c1-2-13-8-9-14(23-13)11-19-20-18(22)17-15-6-4-3-5-12(15)7-10-16(17)21/h3-11,21H,2H2,1H3,(H,20,22)/b19-11+. The number of carbonyl (C=O) groups excluding carboxylic acids is 1. The van der Waals surface area contributed by atoms with Crippen molar-refractivity contribution in [1.82, 2.24) is 5.43 Å². The summed E-state index contributed by atoms with van der Waals surface area (Å²) in [5, 5.41) is 15.6. The minimum absolute atomic E-state index is 0.0548. The molecule has 0 aliphatic heterocycles. The van der Waals surface area contributed by atoms with Crippen molar-refractivity contribution >= 4 is 34.2 Å². The second kappa shape index (κ2) is 6.62. The number of hydrazone groups is 1. The molecule has 1 heterocycles. The highest BCUT2D eigenvalue weighted by Gasteiger charge is 2.14. The number of hydrogen-bond acceptors (Lipinski definition) is 4. The van der Waals surface area contributed by atoms with Crippen molar-refractivity contribution in [3.63, 3.8) is 0 Å². The maximum Gasteiger partial charge on any atom is 0.275 e. The van der Waals surface area contributed by atoms with E-state index in [1.165, 1.54) is 10.9 Å². The third-order valence-corrected chi connectivity index (χ3v) is 4.69. The van der Waals surface area contributed by atoms with E-state index in [0.29, 0.717) is 5.39 Å². The Kier molecular flexibility index (Phi) is 4.39. The summed E-state index contributed by atoms with van der Waals surface area (Å²) in [5.41, 5.74) is 2.72. The van der Waals surface area contributed by atoms with Crippen LogP contribution in [0.3, 0.4) is 0 Å². The van der Waals surface area contributed by atoms with Gasteiger partial charge in [0.15, 0.2) is 0 Å². The lowest BCUT2D eigenvalue weighted by atomic mass is 10.0. The Morgan fingerprint density at radius 3 is 2.83 bits per heavy atom. The number of benzene rings is 2. The molecule has 0 atom stereocenters. The maximum absolute atomic E-state index is 12.3. The van der Waals surface area contributed by atoms with E-state index in [1.54, 1.807) is 29.7 Å². The zero-order valence-corrected chi connectivity index (χ0v) is 13.4. The largest absolute Gasteiger partial charge is 0.507 e. The molecule has 5 heteroatoms. The Bertz CT molecular complexity index is 884. The van der Waals surface area contributed by atoms with Crippen LogP contribution in [0.4, 0.5) is 0 Å². The van der Waals surface area contributed by atoms with Crippen LogP contribution in [0.2, 0.25) is 0 Å². The van der Waals surface area contributed by atoms with E-state index in [1.807, 2.05) is 30.3 Å². The van der Waals surface area contributed by atoms with Crippen molar-refractivity contribution in [2.45, 2.75) is 13.3 Å². The third-order valence-electron chi connectivity index (χ3n) is 3.52. The van der Waals surface area contributed by atoms with Gasteiger partial charge in [-0.3, -0.25) is 4.79 Å². The molecular formula is C18H16N2O2S. The smallest absolute Gasteiger partial charge is 0.275 e. The maximum atomic E-state index is 12.3.